The SMILES string of the molecule is N#Cc1c(-c2ccccc2)nc(N)nc1-c1ccccc1. The van der Waals surface area contributed by atoms with Gasteiger partial charge in [0.05, 0.1) is 11.4 Å². The molecule has 4 heteroatoms. The molecule has 0 fully saturated rings. The molecule has 0 aliphatic carbocycles. The van der Waals surface area contributed by atoms with Gasteiger partial charge in [0.2, 0.25) is 5.95 Å². The number of rotatable bonds is 2. The van der Waals surface area contributed by atoms with Crippen molar-refractivity contribution in [2.75, 3.05) is 5.73 Å². The summed E-state index contributed by atoms with van der Waals surface area (Å²) in [4.78, 5) is 8.49. The predicted molar refractivity (Wildman–Crippen MR) is 82.0 cm³/mol. The minimum absolute atomic E-state index is 0.159. The fourth-order valence-electron chi connectivity index (χ4n) is 2.19. The topological polar surface area (TPSA) is 75.6 Å². The third kappa shape index (κ3) is 2.45. The average molecular weight is 272 g/mol. The van der Waals surface area contributed by atoms with Crippen molar-refractivity contribution in [3.05, 3.63) is 66.2 Å². The van der Waals surface area contributed by atoms with E-state index in [1.807, 2.05) is 60.7 Å². The number of nitrogen functional groups attached to an aromatic ring is 1. The van der Waals surface area contributed by atoms with Gasteiger partial charge in [-0.05, 0) is 0 Å². The van der Waals surface area contributed by atoms with E-state index in [9.17, 15) is 5.26 Å². The Morgan fingerprint density at radius 2 is 1.19 bits per heavy atom. The van der Waals surface area contributed by atoms with E-state index in [0.29, 0.717) is 17.0 Å². The van der Waals surface area contributed by atoms with Gasteiger partial charge in [0.15, 0.2) is 0 Å². The molecule has 0 saturated heterocycles. The number of aromatic nitrogens is 2. The molecule has 3 rings (SSSR count). The van der Waals surface area contributed by atoms with Crippen LogP contribution in [0.15, 0.2) is 60.7 Å². The van der Waals surface area contributed by atoms with Gasteiger partial charge in [-0.3, -0.25) is 0 Å². The summed E-state index contributed by atoms with van der Waals surface area (Å²) < 4.78 is 0. The van der Waals surface area contributed by atoms with Gasteiger partial charge in [-0.1, -0.05) is 60.7 Å². The number of nitrogens with two attached hydrogens (primary N) is 1. The highest BCUT2D eigenvalue weighted by atomic mass is 15.0. The highest BCUT2D eigenvalue weighted by Gasteiger charge is 2.15. The molecule has 2 N–H and O–H groups in total. The van der Waals surface area contributed by atoms with Crippen molar-refractivity contribution in [3.8, 4) is 28.6 Å². The van der Waals surface area contributed by atoms with E-state index in [2.05, 4.69) is 16.0 Å². The van der Waals surface area contributed by atoms with Gasteiger partial charge in [0, 0.05) is 11.1 Å². The molecular formula is C17H12N4. The van der Waals surface area contributed by atoms with E-state index in [1.165, 1.54) is 0 Å². The van der Waals surface area contributed by atoms with Crippen LogP contribution in [0.2, 0.25) is 0 Å². The predicted octanol–water partition coefficient (Wildman–Crippen LogP) is 3.26. The molecule has 100 valence electrons. The van der Waals surface area contributed by atoms with Crippen LogP contribution in [0.4, 0.5) is 5.95 Å². The second-order valence-electron chi connectivity index (χ2n) is 4.50. The monoisotopic (exact) mass is 272 g/mol. The smallest absolute Gasteiger partial charge is 0.221 e. The van der Waals surface area contributed by atoms with Crippen LogP contribution in [-0.4, -0.2) is 9.97 Å². The molecule has 1 aromatic heterocycles. The minimum atomic E-state index is 0.159. The Balaban J connectivity index is 2.29. The van der Waals surface area contributed by atoms with E-state index >= 15 is 0 Å². The Kier molecular flexibility index (Phi) is 3.32. The molecule has 4 nitrogen and oxygen atoms in total. The van der Waals surface area contributed by atoms with Gasteiger partial charge in [0.1, 0.15) is 11.6 Å². The van der Waals surface area contributed by atoms with E-state index < -0.39 is 0 Å². The number of nitriles is 1. The maximum atomic E-state index is 9.54. The van der Waals surface area contributed by atoms with Crippen LogP contribution in [0.25, 0.3) is 22.5 Å². The summed E-state index contributed by atoms with van der Waals surface area (Å²) >= 11 is 0. The lowest BCUT2D eigenvalue weighted by Crippen LogP contribution is -2.02. The van der Waals surface area contributed by atoms with Crippen molar-refractivity contribution in [3.63, 3.8) is 0 Å². The number of hydrogen-bond donors (Lipinski definition) is 1. The third-order valence-electron chi connectivity index (χ3n) is 3.13. The van der Waals surface area contributed by atoms with Gasteiger partial charge < -0.3 is 5.73 Å². The average Bonchev–Trinajstić information content (AvgIpc) is 2.55. The quantitative estimate of drug-likeness (QED) is 0.776. The summed E-state index contributed by atoms with van der Waals surface area (Å²) in [5, 5.41) is 9.54. The summed E-state index contributed by atoms with van der Waals surface area (Å²) in [6.07, 6.45) is 0. The number of hydrogen-bond acceptors (Lipinski definition) is 4. The van der Waals surface area contributed by atoms with Crippen molar-refractivity contribution >= 4 is 5.95 Å². The second kappa shape index (κ2) is 5.43. The zero-order chi connectivity index (χ0) is 14.7. The number of nitrogens with zero attached hydrogens (tertiary/aromatic N) is 3. The molecule has 0 spiro atoms. The van der Waals surface area contributed by atoms with Gasteiger partial charge in [-0.25, -0.2) is 9.97 Å². The fraction of sp³-hybridized carbons (Fsp3) is 0. The van der Waals surface area contributed by atoms with Crippen LogP contribution in [0, 0.1) is 11.3 Å². The van der Waals surface area contributed by atoms with Crippen LogP contribution in [0.5, 0.6) is 0 Å². The van der Waals surface area contributed by atoms with Gasteiger partial charge in [0.25, 0.3) is 0 Å². The summed E-state index contributed by atoms with van der Waals surface area (Å²) in [5.41, 5.74) is 9.07. The standard InChI is InChI=1S/C17H12N4/c18-11-14-15(12-7-3-1-4-8-12)20-17(19)21-16(14)13-9-5-2-6-10-13/h1-10H,(H2,19,20,21). The van der Waals surface area contributed by atoms with Gasteiger partial charge >= 0.3 is 0 Å². The van der Waals surface area contributed by atoms with E-state index in [-0.39, 0.29) is 5.95 Å². The van der Waals surface area contributed by atoms with Crippen molar-refractivity contribution < 1.29 is 0 Å². The highest BCUT2D eigenvalue weighted by molar-refractivity contribution is 5.78. The molecule has 0 aliphatic heterocycles. The molecule has 3 aromatic rings. The second-order valence-corrected chi connectivity index (χ2v) is 4.50. The number of anilines is 1. The summed E-state index contributed by atoms with van der Waals surface area (Å²) in [7, 11) is 0. The zero-order valence-electron chi connectivity index (χ0n) is 11.2. The van der Waals surface area contributed by atoms with Crippen LogP contribution >= 0.6 is 0 Å². The summed E-state index contributed by atoms with van der Waals surface area (Å²) in [5.74, 6) is 0.159. The van der Waals surface area contributed by atoms with Gasteiger partial charge in [-0.15, -0.1) is 0 Å². The lowest BCUT2D eigenvalue weighted by Gasteiger charge is -2.09. The molecular weight excluding hydrogens is 260 g/mol. The van der Waals surface area contributed by atoms with Crippen LogP contribution < -0.4 is 5.73 Å². The van der Waals surface area contributed by atoms with E-state index in [0.717, 1.165) is 11.1 Å². The van der Waals surface area contributed by atoms with Crippen LogP contribution in [0.1, 0.15) is 5.56 Å². The van der Waals surface area contributed by atoms with Crippen molar-refractivity contribution in [1.29, 1.82) is 5.26 Å². The molecule has 0 atom stereocenters. The van der Waals surface area contributed by atoms with Crippen LogP contribution in [0.3, 0.4) is 0 Å². The molecule has 1 heterocycles. The molecule has 0 unspecified atom stereocenters. The Hall–Kier alpha value is -3.19. The Bertz CT molecular complexity index is 745. The lowest BCUT2D eigenvalue weighted by atomic mass is 10.0. The maximum Gasteiger partial charge on any atom is 0.221 e. The van der Waals surface area contributed by atoms with Crippen molar-refractivity contribution in [2.45, 2.75) is 0 Å². The Morgan fingerprint density at radius 1 is 0.762 bits per heavy atom. The molecule has 0 radical (unpaired) electrons. The maximum absolute atomic E-state index is 9.54. The van der Waals surface area contributed by atoms with Gasteiger partial charge in [-0.2, -0.15) is 5.26 Å². The molecule has 0 saturated carbocycles. The zero-order valence-corrected chi connectivity index (χ0v) is 11.2. The first kappa shape index (κ1) is 12.8. The van der Waals surface area contributed by atoms with E-state index in [4.69, 9.17) is 5.73 Å². The highest BCUT2D eigenvalue weighted by Crippen LogP contribution is 2.29. The molecule has 0 aliphatic rings. The molecule has 0 bridgehead atoms. The van der Waals surface area contributed by atoms with Crippen molar-refractivity contribution in [2.24, 2.45) is 0 Å². The molecule has 21 heavy (non-hydrogen) atoms. The molecule has 2 aromatic carbocycles. The normalized spacial score (nSPS) is 10.0. The number of benzene rings is 2. The molecule has 0 amide bonds. The summed E-state index contributed by atoms with van der Waals surface area (Å²) in [6, 6.07) is 21.2. The Labute approximate surface area is 122 Å². The van der Waals surface area contributed by atoms with E-state index in [1.54, 1.807) is 0 Å². The minimum Gasteiger partial charge on any atom is -0.368 e. The Morgan fingerprint density at radius 3 is 1.57 bits per heavy atom. The first-order chi connectivity index (χ1) is 10.3. The largest absolute Gasteiger partial charge is 0.368 e. The van der Waals surface area contributed by atoms with Crippen LogP contribution in [-0.2, 0) is 0 Å². The fourth-order valence-corrected chi connectivity index (χ4v) is 2.19. The lowest BCUT2D eigenvalue weighted by molar-refractivity contribution is 1.18. The first-order valence-corrected chi connectivity index (χ1v) is 6.48. The summed E-state index contributed by atoms with van der Waals surface area (Å²) in [6.45, 7) is 0. The third-order valence-corrected chi connectivity index (χ3v) is 3.13. The first-order valence-electron chi connectivity index (χ1n) is 6.48. The van der Waals surface area contributed by atoms with Crippen molar-refractivity contribution in [1.82, 2.24) is 9.97 Å².